The molecule has 1 aromatic rings. The Morgan fingerprint density at radius 2 is 2.21 bits per heavy atom. The molecule has 0 unspecified atom stereocenters. The zero-order chi connectivity index (χ0) is 14.4. The molecule has 0 aliphatic heterocycles. The van der Waals surface area contributed by atoms with Crippen LogP contribution in [-0.2, 0) is 4.79 Å². The summed E-state index contributed by atoms with van der Waals surface area (Å²) >= 11 is 4.79. The Bertz CT molecular complexity index is 482. The number of aromatic carboxylic acids is 1. The molecule has 7 heteroatoms. The first kappa shape index (κ1) is 16.0. The van der Waals surface area contributed by atoms with Crippen LogP contribution in [0.25, 0.3) is 0 Å². The highest BCUT2D eigenvalue weighted by Crippen LogP contribution is 2.21. The molecule has 0 heterocycles. The van der Waals surface area contributed by atoms with Crippen LogP contribution >= 0.6 is 27.7 Å². The van der Waals surface area contributed by atoms with Gasteiger partial charge in [-0.3, -0.25) is 4.79 Å². The Kier molecular flexibility index (Phi) is 6.33. The number of thioether (sulfide) groups is 1. The number of rotatable bonds is 6. The lowest BCUT2D eigenvalue weighted by Crippen LogP contribution is -2.36. The van der Waals surface area contributed by atoms with Gasteiger partial charge in [-0.2, -0.15) is 11.8 Å². The average Bonchev–Trinajstić information content (AvgIpc) is 2.37. The van der Waals surface area contributed by atoms with Gasteiger partial charge >= 0.3 is 5.97 Å². The van der Waals surface area contributed by atoms with Crippen molar-refractivity contribution in [3.05, 3.63) is 28.2 Å². The minimum absolute atomic E-state index is 0.0276. The van der Waals surface area contributed by atoms with Gasteiger partial charge in [-0.25, -0.2) is 4.79 Å². The summed E-state index contributed by atoms with van der Waals surface area (Å²) in [5.74, 6) is -0.700. The molecule has 1 amide bonds. The third-order valence-electron chi connectivity index (χ3n) is 2.44. The number of hydrogen-bond acceptors (Lipinski definition) is 4. The maximum atomic E-state index is 11.8. The van der Waals surface area contributed by atoms with E-state index < -0.39 is 12.0 Å². The molecule has 0 aromatic heterocycles. The first-order chi connectivity index (χ1) is 8.95. The van der Waals surface area contributed by atoms with Crippen molar-refractivity contribution in [2.45, 2.75) is 12.5 Å². The standard InChI is InChI=1S/C12H15BrN2O3S/c1-19-5-4-9(14)11(16)15-10-3-2-7(13)6-8(10)12(17)18/h2-3,6,9H,4-5,14H2,1H3,(H,15,16)(H,17,18)/t9-/m0/s1. The Morgan fingerprint density at radius 3 is 2.79 bits per heavy atom. The summed E-state index contributed by atoms with van der Waals surface area (Å²) in [6.07, 6.45) is 2.48. The second-order valence-corrected chi connectivity index (χ2v) is 5.77. The number of hydrogen-bond donors (Lipinski definition) is 3. The molecule has 5 nitrogen and oxygen atoms in total. The monoisotopic (exact) mass is 346 g/mol. The second-order valence-electron chi connectivity index (χ2n) is 3.87. The van der Waals surface area contributed by atoms with Crippen LogP contribution in [0.4, 0.5) is 5.69 Å². The van der Waals surface area contributed by atoms with Gasteiger partial charge in [0.05, 0.1) is 17.3 Å². The third kappa shape index (κ3) is 4.85. The van der Waals surface area contributed by atoms with Gasteiger partial charge in [-0.1, -0.05) is 15.9 Å². The molecule has 1 rings (SSSR count). The first-order valence-corrected chi connectivity index (χ1v) is 7.72. The van der Waals surface area contributed by atoms with Crippen LogP contribution in [0, 0.1) is 0 Å². The zero-order valence-corrected chi connectivity index (χ0v) is 12.8. The van der Waals surface area contributed by atoms with Gasteiger partial charge in [0.2, 0.25) is 5.91 Å². The van der Waals surface area contributed by atoms with Gasteiger partial charge in [-0.05, 0) is 36.6 Å². The Morgan fingerprint density at radius 1 is 1.53 bits per heavy atom. The minimum Gasteiger partial charge on any atom is -0.478 e. The maximum Gasteiger partial charge on any atom is 0.337 e. The summed E-state index contributed by atoms with van der Waals surface area (Å²) < 4.78 is 0.634. The fourth-order valence-corrected chi connectivity index (χ4v) is 2.25. The van der Waals surface area contributed by atoms with Gasteiger partial charge < -0.3 is 16.2 Å². The lowest BCUT2D eigenvalue weighted by Gasteiger charge is -2.13. The number of benzene rings is 1. The predicted octanol–water partition coefficient (Wildman–Crippen LogP) is 2.17. The quantitative estimate of drug-likeness (QED) is 0.733. The van der Waals surface area contributed by atoms with E-state index in [1.54, 1.807) is 17.8 Å². The van der Waals surface area contributed by atoms with Crippen molar-refractivity contribution in [2.75, 3.05) is 17.3 Å². The van der Waals surface area contributed by atoms with Crippen LogP contribution in [0.2, 0.25) is 0 Å². The summed E-state index contributed by atoms with van der Waals surface area (Å²) in [7, 11) is 0. The smallest absolute Gasteiger partial charge is 0.337 e. The largest absolute Gasteiger partial charge is 0.478 e. The third-order valence-corrected chi connectivity index (χ3v) is 3.58. The van der Waals surface area contributed by atoms with Gasteiger partial charge in [0.15, 0.2) is 0 Å². The van der Waals surface area contributed by atoms with E-state index >= 15 is 0 Å². The van der Waals surface area contributed by atoms with Crippen molar-refractivity contribution in [3.8, 4) is 0 Å². The molecule has 104 valence electrons. The minimum atomic E-state index is -1.10. The Labute approximate surface area is 124 Å². The predicted molar refractivity (Wildman–Crippen MR) is 80.7 cm³/mol. The number of carbonyl (C=O) groups is 2. The van der Waals surface area contributed by atoms with Crippen molar-refractivity contribution in [3.63, 3.8) is 0 Å². The van der Waals surface area contributed by atoms with E-state index in [0.29, 0.717) is 10.9 Å². The van der Waals surface area contributed by atoms with Crippen molar-refractivity contribution >= 4 is 45.3 Å². The number of halogens is 1. The lowest BCUT2D eigenvalue weighted by molar-refractivity contribution is -0.117. The molecule has 0 spiro atoms. The molecule has 1 aromatic carbocycles. The van der Waals surface area contributed by atoms with Gasteiger partial charge in [0.25, 0.3) is 0 Å². The van der Waals surface area contributed by atoms with Crippen molar-refractivity contribution in [1.29, 1.82) is 0 Å². The molecule has 0 saturated heterocycles. The normalized spacial score (nSPS) is 11.9. The summed E-state index contributed by atoms with van der Waals surface area (Å²) in [6, 6.07) is 3.99. The van der Waals surface area contributed by atoms with E-state index in [-0.39, 0.29) is 17.2 Å². The molecule has 0 bridgehead atoms. The number of carboxylic acid groups (broad SMARTS) is 1. The van der Waals surface area contributed by atoms with E-state index in [2.05, 4.69) is 21.2 Å². The van der Waals surface area contributed by atoms with Crippen molar-refractivity contribution < 1.29 is 14.7 Å². The fourth-order valence-electron chi connectivity index (χ4n) is 1.40. The second kappa shape index (κ2) is 7.52. The van der Waals surface area contributed by atoms with E-state index in [1.165, 1.54) is 12.1 Å². The van der Waals surface area contributed by atoms with Crippen LogP contribution in [0.15, 0.2) is 22.7 Å². The molecule has 1 atom stereocenters. The van der Waals surface area contributed by atoms with Crippen molar-refractivity contribution in [1.82, 2.24) is 0 Å². The molecule has 0 aliphatic rings. The highest BCUT2D eigenvalue weighted by molar-refractivity contribution is 9.10. The number of nitrogens with two attached hydrogens (primary N) is 1. The number of carboxylic acids is 1. The number of nitrogens with one attached hydrogen (secondary N) is 1. The Balaban J connectivity index is 2.81. The molecule has 0 fully saturated rings. The van der Waals surface area contributed by atoms with Gasteiger partial charge in [0, 0.05) is 4.47 Å². The van der Waals surface area contributed by atoms with E-state index in [9.17, 15) is 9.59 Å². The topological polar surface area (TPSA) is 92.4 Å². The summed E-state index contributed by atoms with van der Waals surface area (Å²) in [6.45, 7) is 0. The maximum absolute atomic E-state index is 11.8. The summed E-state index contributed by atoms with van der Waals surface area (Å²) in [5.41, 5.74) is 6.00. The molecular weight excluding hydrogens is 332 g/mol. The molecule has 19 heavy (non-hydrogen) atoms. The SMILES string of the molecule is CSCC[C@H](N)C(=O)Nc1ccc(Br)cc1C(=O)O. The Hall–Kier alpha value is -1.05. The number of carbonyl (C=O) groups excluding carboxylic acids is 1. The fraction of sp³-hybridized carbons (Fsp3) is 0.333. The van der Waals surface area contributed by atoms with Crippen LogP contribution in [0.3, 0.4) is 0 Å². The first-order valence-electron chi connectivity index (χ1n) is 5.54. The van der Waals surface area contributed by atoms with Crippen LogP contribution in [-0.4, -0.2) is 35.0 Å². The van der Waals surface area contributed by atoms with Crippen molar-refractivity contribution in [2.24, 2.45) is 5.73 Å². The van der Waals surface area contributed by atoms with Crippen LogP contribution in [0.5, 0.6) is 0 Å². The molecule has 4 N–H and O–H groups in total. The van der Waals surface area contributed by atoms with Gasteiger partial charge in [-0.15, -0.1) is 0 Å². The zero-order valence-electron chi connectivity index (χ0n) is 10.4. The van der Waals surface area contributed by atoms with Crippen LogP contribution in [0.1, 0.15) is 16.8 Å². The van der Waals surface area contributed by atoms with E-state index in [1.807, 2.05) is 6.26 Å². The molecule has 0 aliphatic carbocycles. The van der Waals surface area contributed by atoms with Gasteiger partial charge in [0.1, 0.15) is 0 Å². The van der Waals surface area contributed by atoms with E-state index in [0.717, 1.165) is 5.75 Å². The van der Waals surface area contributed by atoms with Crippen LogP contribution < -0.4 is 11.1 Å². The highest BCUT2D eigenvalue weighted by Gasteiger charge is 2.17. The number of amides is 1. The molecule has 0 saturated carbocycles. The lowest BCUT2D eigenvalue weighted by atomic mass is 10.1. The number of anilines is 1. The van der Waals surface area contributed by atoms with E-state index in [4.69, 9.17) is 10.8 Å². The summed E-state index contributed by atoms with van der Waals surface area (Å²) in [4.78, 5) is 22.9. The molecule has 0 radical (unpaired) electrons. The molecular formula is C12H15BrN2O3S. The summed E-state index contributed by atoms with van der Waals surface area (Å²) in [5, 5.41) is 11.6. The highest BCUT2D eigenvalue weighted by atomic mass is 79.9. The average molecular weight is 347 g/mol.